The molecular formula is C22H22N4OS. The van der Waals surface area contributed by atoms with Crippen molar-refractivity contribution in [1.29, 1.82) is 0 Å². The zero-order valence-electron chi connectivity index (χ0n) is 15.5. The first-order valence-corrected chi connectivity index (χ1v) is 10.3. The number of para-hydroxylation sites is 1. The molecule has 1 fully saturated rings. The summed E-state index contributed by atoms with van der Waals surface area (Å²) in [5.41, 5.74) is 1.71. The number of rotatable bonds is 8. The van der Waals surface area contributed by atoms with Gasteiger partial charge < -0.3 is 9.88 Å². The van der Waals surface area contributed by atoms with E-state index in [2.05, 4.69) is 26.7 Å². The fraction of sp³-hybridized carbons (Fsp3) is 0.227. The Labute approximate surface area is 168 Å². The summed E-state index contributed by atoms with van der Waals surface area (Å²) in [6.07, 6.45) is 4.15. The number of carbonyl (C=O) groups excluding carboxylic acids is 1. The number of anilines is 1. The Morgan fingerprint density at radius 1 is 1.14 bits per heavy atom. The fourth-order valence-electron chi connectivity index (χ4n) is 3.07. The molecule has 1 unspecified atom stereocenters. The number of thioether (sulfide) groups is 1. The van der Waals surface area contributed by atoms with Gasteiger partial charge in [0.15, 0.2) is 5.16 Å². The predicted octanol–water partition coefficient (Wildman–Crippen LogP) is 4.81. The van der Waals surface area contributed by atoms with Gasteiger partial charge in [-0.3, -0.25) is 4.79 Å². The quantitative estimate of drug-likeness (QED) is 0.443. The van der Waals surface area contributed by atoms with Gasteiger partial charge in [-0.05, 0) is 30.5 Å². The number of benzene rings is 2. The van der Waals surface area contributed by atoms with Crippen LogP contribution in [0.25, 0.3) is 0 Å². The van der Waals surface area contributed by atoms with E-state index in [1.54, 1.807) is 0 Å². The summed E-state index contributed by atoms with van der Waals surface area (Å²) in [7, 11) is 0. The van der Waals surface area contributed by atoms with Crippen LogP contribution < -0.4 is 5.32 Å². The summed E-state index contributed by atoms with van der Waals surface area (Å²) < 4.78 is 2.08. The van der Waals surface area contributed by atoms with Gasteiger partial charge in [0.25, 0.3) is 0 Å². The standard InChI is InChI=1S/C22H22N4OS/c1-2-15-26-20(17-13-14-17)24-25-22(26)28-19(16-9-5-3-6-10-16)21(27)23-18-11-7-4-8-12-18/h2-12,17,19H,1,13-15H2,(H,23,27). The highest BCUT2D eigenvalue weighted by Gasteiger charge is 2.32. The first kappa shape index (κ1) is 18.5. The molecule has 0 bridgehead atoms. The number of nitrogens with one attached hydrogen (secondary N) is 1. The van der Waals surface area contributed by atoms with Crippen molar-refractivity contribution in [3.63, 3.8) is 0 Å². The zero-order valence-corrected chi connectivity index (χ0v) is 16.3. The third-order valence-electron chi connectivity index (χ3n) is 4.60. The van der Waals surface area contributed by atoms with Gasteiger partial charge in [-0.2, -0.15) is 0 Å². The van der Waals surface area contributed by atoms with E-state index in [4.69, 9.17) is 0 Å². The third-order valence-corrected chi connectivity index (χ3v) is 5.84. The van der Waals surface area contributed by atoms with E-state index in [0.29, 0.717) is 12.5 Å². The van der Waals surface area contributed by atoms with Crippen molar-refractivity contribution < 1.29 is 4.79 Å². The molecule has 5 nitrogen and oxygen atoms in total. The van der Waals surface area contributed by atoms with Crippen LogP contribution in [0.3, 0.4) is 0 Å². The first-order valence-electron chi connectivity index (χ1n) is 9.37. The van der Waals surface area contributed by atoms with Crippen molar-refractivity contribution in [2.45, 2.75) is 35.7 Å². The molecule has 1 heterocycles. The van der Waals surface area contributed by atoms with Gasteiger partial charge in [-0.1, -0.05) is 66.4 Å². The number of aromatic nitrogens is 3. The average Bonchev–Trinajstić information content (AvgIpc) is 3.50. The van der Waals surface area contributed by atoms with Crippen molar-refractivity contribution in [2.24, 2.45) is 0 Å². The molecule has 1 aliphatic rings. The zero-order chi connectivity index (χ0) is 19.3. The van der Waals surface area contributed by atoms with Crippen LogP contribution in [0, 0.1) is 0 Å². The van der Waals surface area contributed by atoms with Gasteiger partial charge in [-0.25, -0.2) is 0 Å². The Morgan fingerprint density at radius 3 is 2.46 bits per heavy atom. The van der Waals surface area contributed by atoms with E-state index >= 15 is 0 Å². The highest BCUT2D eigenvalue weighted by Crippen LogP contribution is 2.42. The Balaban J connectivity index is 1.63. The van der Waals surface area contributed by atoms with Crippen LogP contribution in [0.2, 0.25) is 0 Å². The average molecular weight is 391 g/mol. The Morgan fingerprint density at radius 2 is 1.82 bits per heavy atom. The van der Waals surface area contributed by atoms with Crippen LogP contribution in [0.5, 0.6) is 0 Å². The van der Waals surface area contributed by atoms with E-state index in [9.17, 15) is 4.79 Å². The maximum atomic E-state index is 13.1. The topological polar surface area (TPSA) is 59.8 Å². The number of hydrogen-bond donors (Lipinski definition) is 1. The molecule has 1 atom stereocenters. The maximum absolute atomic E-state index is 13.1. The third kappa shape index (κ3) is 4.17. The lowest BCUT2D eigenvalue weighted by Gasteiger charge is -2.17. The molecule has 142 valence electrons. The van der Waals surface area contributed by atoms with Gasteiger partial charge in [0.05, 0.1) is 0 Å². The van der Waals surface area contributed by atoms with Crippen molar-refractivity contribution in [2.75, 3.05) is 5.32 Å². The molecule has 28 heavy (non-hydrogen) atoms. The minimum Gasteiger partial charge on any atom is -0.325 e. The molecule has 1 amide bonds. The molecule has 0 saturated heterocycles. The second-order valence-electron chi connectivity index (χ2n) is 6.78. The molecule has 1 saturated carbocycles. The van der Waals surface area contributed by atoms with Crippen LogP contribution in [0.1, 0.15) is 35.4 Å². The Bertz CT molecular complexity index is 951. The van der Waals surface area contributed by atoms with Crippen molar-refractivity contribution >= 4 is 23.4 Å². The number of carbonyl (C=O) groups is 1. The monoisotopic (exact) mass is 390 g/mol. The second-order valence-corrected chi connectivity index (χ2v) is 7.85. The molecule has 0 spiro atoms. The molecule has 2 aromatic carbocycles. The van der Waals surface area contributed by atoms with Gasteiger partial charge in [-0.15, -0.1) is 16.8 Å². The molecule has 1 N–H and O–H groups in total. The van der Waals surface area contributed by atoms with Gasteiger partial charge in [0.1, 0.15) is 11.1 Å². The largest absolute Gasteiger partial charge is 0.325 e. The molecule has 3 aromatic rings. The lowest BCUT2D eigenvalue weighted by molar-refractivity contribution is -0.115. The smallest absolute Gasteiger partial charge is 0.242 e. The molecule has 1 aliphatic carbocycles. The summed E-state index contributed by atoms with van der Waals surface area (Å²) in [6.45, 7) is 4.50. The van der Waals surface area contributed by atoms with Crippen molar-refractivity contribution in [3.05, 3.63) is 84.7 Å². The summed E-state index contributed by atoms with van der Waals surface area (Å²) in [6, 6.07) is 19.3. The lowest BCUT2D eigenvalue weighted by Crippen LogP contribution is -2.19. The SMILES string of the molecule is C=CCn1c(SC(C(=O)Nc2ccccc2)c2ccccc2)nnc1C1CC1. The van der Waals surface area contributed by atoms with Crippen LogP contribution in [0.4, 0.5) is 5.69 Å². The van der Waals surface area contributed by atoms with Crippen LogP contribution in [0.15, 0.2) is 78.5 Å². The first-order chi connectivity index (χ1) is 13.8. The van der Waals surface area contributed by atoms with Crippen LogP contribution in [-0.2, 0) is 11.3 Å². The molecule has 0 aliphatic heterocycles. The summed E-state index contributed by atoms with van der Waals surface area (Å²) in [5, 5.41) is 12.1. The molecule has 4 rings (SSSR count). The molecular weight excluding hydrogens is 368 g/mol. The fourth-order valence-corrected chi connectivity index (χ4v) is 4.12. The van der Waals surface area contributed by atoms with Gasteiger partial charge in [0.2, 0.25) is 5.91 Å². The number of amides is 1. The normalized spacial score (nSPS) is 14.4. The Kier molecular flexibility index (Phi) is 5.58. The minimum atomic E-state index is -0.429. The lowest BCUT2D eigenvalue weighted by atomic mass is 10.1. The number of allylic oxidation sites excluding steroid dienone is 1. The summed E-state index contributed by atoms with van der Waals surface area (Å²) in [4.78, 5) is 13.1. The predicted molar refractivity (Wildman–Crippen MR) is 112 cm³/mol. The van der Waals surface area contributed by atoms with Gasteiger partial charge >= 0.3 is 0 Å². The number of nitrogens with zero attached hydrogens (tertiary/aromatic N) is 3. The Hall–Kier alpha value is -2.86. The van der Waals surface area contributed by atoms with Crippen molar-refractivity contribution in [1.82, 2.24) is 14.8 Å². The van der Waals surface area contributed by atoms with Gasteiger partial charge in [0, 0.05) is 18.2 Å². The van der Waals surface area contributed by atoms with Crippen LogP contribution in [-0.4, -0.2) is 20.7 Å². The molecule has 0 radical (unpaired) electrons. The summed E-state index contributed by atoms with van der Waals surface area (Å²) >= 11 is 1.43. The second kappa shape index (κ2) is 8.44. The maximum Gasteiger partial charge on any atom is 0.242 e. The van der Waals surface area contributed by atoms with E-state index in [0.717, 1.165) is 35.1 Å². The van der Waals surface area contributed by atoms with Crippen LogP contribution >= 0.6 is 11.8 Å². The van der Waals surface area contributed by atoms with Crippen molar-refractivity contribution in [3.8, 4) is 0 Å². The van der Waals surface area contributed by atoms with E-state index in [1.807, 2.05) is 66.7 Å². The highest BCUT2D eigenvalue weighted by molar-refractivity contribution is 8.00. The van der Waals surface area contributed by atoms with E-state index in [-0.39, 0.29) is 5.91 Å². The molecule has 1 aromatic heterocycles. The summed E-state index contributed by atoms with van der Waals surface area (Å²) in [5.74, 6) is 1.40. The number of hydrogen-bond acceptors (Lipinski definition) is 4. The minimum absolute atomic E-state index is 0.0801. The van der Waals surface area contributed by atoms with E-state index < -0.39 is 5.25 Å². The highest BCUT2D eigenvalue weighted by atomic mass is 32.2. The van der Waals surface area contributed by atoms with E-state index in [1.165, 1.54) is 11.8 Å². The molecule has 6 heteroatoms.